The zero-order valence-corrected chi connectivity index (χ0v) is 10.0. The topological polar surface area (TPSA) is 29.5 Å². The van der Waals surface area contributed by atoms with E-state index >= 15 is 0 Å². The molecule has 1 N–H and O–H groups in total. The van der Waals surface area contributed by atoms with E-state index in [9.17, 15) is 13.9 Å². The summed E-state index contributed by atoms with van der Waals surface area (Å²) in [5.74, 6) is -0.576. The Kier molecular flexibility index (Phi) is 2.98. The van der Waals surface area contributed by atoms with Gasteiger partial charge in [0, 0.05) is 18.1 Å². The van der Waals surface area contributed by atoms with Crippen LogP contribution in [0.1, 0.15) is 30.7 Å². The lowest BCUT2D eigenvalue weighted by molar-refractivity contribution is 0.0601. The van der Waals surface area contributed by atoms with E-state index in [1.165, 1.54) is 6.07 Å². The highest BCUT2D eigenvalue weighted by Crippen LogP contribution is 2.48. The molecule has 0 amide bonds. The molecular weight excluding hydrogens is 238 g/mol. The third-order valence-electron chi connectivity index (χ3n) is 4.33. The SMILES string of the molecule is OC[C@@H]1CCC[C@H]2c3c(F)ccc(F)c3OC[C@@H]12. The lowest BCUT2D eigenvalue weighted by atomic mass is 9.68. The largest absolute Gasteiger partial charge is 0.490 e. The van der Waals surface area contributed by atoms with Gasteiger partial charge in [-0.25, -0.2) is 8.78 Å². The zero-order valence-electron chi connectivity index (χ0n) is 10.0. The Morgan fingerprint density at radius 2 is 2.00 bits per heavy atom. The van der Waals surface area contributed by atoms with Crippen LogP contribution in [0.3, 0.4) is 0 Å². The summed E-state index contributed by atoms with van der Waals surface area (Å²) < 4.78 is 33.0. The van der Waals surface area contributed by atoms with Crippen molar-refractivity contribution in [2.75, 3.05) is 13.2 Å². The van der Waals surface area contributed by atoms with Gasteiger partial charge in [-0.05, 0) is 36.8 Å². The van der Waals surface area contributed by atoms with Crippen molar-refractivity contribution in [2.45, 2.75) is 25.2 Å². The van der Waals surface area contributed by atoms with Crippen LogP contribution in [0.15, 0.2) is 12.1 Å². The van der Waals surface area contributed by atoms with E-state index in [0.29, 0.717) is 12.2 Å². The molecule has 2 aliphatic rings. The van der Waals surface area contributed by atoms with Crippen LogP contribution in [0.4, 0.5) is 8.78 Å². The predicted molar refractivity (Wildman–Crippen MR) is 62.5 cm³/mol. The number of aliphatic hydroxyl groups is 1. The van der Waals surface area contributed by atoms with Gasteiger partial charge in [-0.3, -0.25) is 0 Å². The minimum Gasteiger partial charge on any atom is -0.490 e. The lowest BCUT2D eigenvalue weighted by Crippen LogP contribution is -2.37. The number of halogens is 2. The van der Waals surface area contributed by atoms with Crippen molar-refractivity contribution in [1.82, 2.24) is 0 Å². The first kappa shape index (κ1) is 11.9. The summed E-state index contributed by atoms with van der Waals surface area (Å²) >= 11 is 0. The minimum atomic E-state index is -0.490. The van der Waals surface area contributed by atoms with Gasteiger partial charge >= 0.3 is 0 Å². The summed E-state index contributed by atoms with van der Waals surface area (Å²) in [6.45, 7) is 0.472. The van der Waals surface area contributed by atoms with Crippen molar-refractivity contribution in [3.63, 3.8) is 0 Å². The van der Waals surface area contributed by atoms with Gasteiger partial charge in [0.05, 0.1) is 6.61 Å². The zero-order chi connectivity index (χ0) is 12.7. The summed E-state index contributed by atoms with van der Waals surface area (Å²) in [6.07, 6.45) is 2.73. The molecule has 1 heterocycles. The summed E-state index contributed by atoms with van der Waals surface area (Å²) in [5, 5.41) is 9.38. The molecule has 0 spiro atoms. The molecule has 1 fully saturated rings. The first-order chi connectivity index (χ1) is 8.72. The molecule has 3 atom stereocenters. The first-order valence-corrected chi connectivity index (χ1v) is 6.44. The Morgan fingerprint density at radius 3 is 2.78 bits per heavy atom. The Balaban J connectivity index is 2.04. The maximum atomic E-state index is 13.9. The van der Waals surface area contributed by atoms with E-state index in [1.807, 2.05) is 0 Å². The van der Waals surface area contributed by atoms with Crippen LogP contribution in [0.2, 0.25) is 0 Å². The van der Waals surface area contributed by atoms with Crippen LogP contribution in [-0.4, -0.2) is 18.3 Å². The van der Waals surface area contributed by atoms with Gasteiger partial charge in [-0.1, -0.05) is 6.42 Å². The van der Waals surface area contributed by atoms with Crippen molar-refractivity contribution in [3.05, 3.63) is 29.3 Å². The van der Waals surface area contributed by atoms with E-state index in [1.54, 1.807) is 0 Å². The molecule has 0 bridgehead atoms. The van der Waals surface area contributed by atoms with E-state index in [-0.39, 0.29) is 35.9 Å². The summed E-state index contributed by atoms with van der Waals surface area (Å²) in [4.78, 5) is 0. The fraction of sp³-hybridized carbons (Fsp3) is 0.571. The molecule has 0 unspecified atom stereocenters. The molecule has 1 aromatic rings. The molecule has 0 radical (unpaired) electrons. The molecule has 18 heavy (non-hydrogen) atoms. The molecule has 2 nitrogen and oxygen atoms in total. The smallest absolute Gasteiger partial charge is 0.165 e. The maximum Gasteiger partial charge on any atom is 0.165 e. The Hall–Kier alpha value is -1.16. The van der Waals surface area contributed by atoms with E-state index in [4.69, 9.17) is 4.74 Å². The summed E-state index contributed by atoms with van der Waals surface area (Å²) in [5.41, 5.74) is 0.379. The second-order valence-electron chi connectivity index (χ2n) is 5.23. The van der Waals surface area contributed by atoms with Crippen molar-refractivity contribution in [3.8, 4) is 5.75 Å². The van der Waals surface area contributed by atoms with Crippen LogP contribution in [0, 0.1) is 23.5 Å². The highest BCUT2D eigenvalue weighted by Gasteiger charge is 2.41. The third kappa shape index (κ3) is 1.70. The standard InChI is InChI=1S/C14H16F2O2/c15-11-4-5-12(16)14-13(11)9-3-1-2-8(6-17)10(9)7-18-14/h4-5,8-10,17H,1-3,6-7H2/t8-,9+,10-/m0/s1. The summed E-state index contributed by atoms with van der Waals surface area (Å²) in [7, 11) is 0. The predicted octanol–water partition coefficient (Wildman–Crippen LogP) is 2.85. The van der Waals surface area contributed by atoms with E-state index in [0.717, 1.165) is 25.3 Å². The van der Waals surface area contributed by atoms with Gasteiger partial charge < -0.3 is 9.84 Å². The van der Waals surface area contributed by atoms with Crippen LogP contribution in [0.25, 0.3) is 0 Å². The molecule has 3 rings (SSSR count). The first-order valence-electron chi connectivity index (χ1n) is 6.44. The normalized spacial score (nSPS) is 30.3. The van der Waals surface area contributed by atoms with Crippen LogP contribution in [0.5, 0.6) is 5.75 Å². The highest BCUT2D eigenvalue weighted by atomic mass is 19.1. The van der Waals surface area contributed by atoms with Gasteiger partial charge in [0.15, 0.2) is 11.6 Å². The number of hydrogen-bond donors (Lipinski definition) is 1. The van der Waals surface area contributed by atoms with Crippen LogP contribution in [-0.2, 0) is 0 Å². The fourth-order valence-corrected chi connectivity index (χ4v) is 3.41. The van der Waals surface area contributed by atoms with Gasteiger partial charge in [-0.15, -0.1) is 0 Å². The Morgan fingerprint density at radius 1 is 1.22 bits per heavy atom. The second-order valence-corrected chi connectivity index (χ2v) is 5.23. The van der Waals surface area contributed by atoms with Crippen molar-refractivity contribution >= 4 is 0 Å². The molecule has 0 aromatic heterocycles. The van der Waals surface area contributed by atoms with Crippen LogP contribution >= 0.6 is 0 Å². The third-order valence-corrected chi connectivity index (χ3v) is 4.33. The highest BCUT2D eigenvalue weighted by molar-refractivity contribution is 5.41. The van der Waals surface area contributed by atoms with Gasteiger partial charge in [0.1, 0.15) is 5.82 Å². The molecule has 1 aliphatic heterocycles. The Bertz CT molecular complexity index is 461. The molecule has 4 heteroatoms. The fourth-order valence-electron chi connectivity index (χ4n) is 3.41. The number of aliphatic hydroxyl groups excluding tert-OH is 1. The Labute approximate surface area is 105 Å². The van der Waals surface area contributed by atoms with E-state index in [2.05, 4.69) is 0 Å². The number of ether oxygens (including phenoxy) is 1. The molecule has 98 valence electrons. The quantitative estimate of drug-likeness (QED) is 0.835. The summed E-state index contributed by atoms with van der Waals surface area (Å²) in [6, 6.07) is 2.28. The second kappa shape index (κ2) is 4.50. The van der Waals surface area contributed by atoms with Gasteiger partial charge in [0.2, 0.25) is 0 Å². The monoisotopic (exact) mass is 254 g/mol. The maximum absolute atomic E-state index is 13.9. The van der Waals surface area contributed by atoms with Crippen molar-refractivity contribution in [2.24, 2.45) is 11.8 Å². The minimum absolute atomic E-state index is 0.0182. The number of fused-ring (bicyclic) bond motifs is 3. The van der Waals surface area contributed by atoms with Crippen LogP contribution < -0.4 is 4.74 Å². The van der Waals surface area contributed by atoms with Crippen molar-refractivity contribution < 1.29 is 18.6 Å². The number of rotatable bonds is 1. The van der Waals surface area contributed by atoms with Crippen molar-refractivity contribution in [1.29, 1.82) is 0 Å². The molecule has 1 aliphatic carbocycles. The number of hydrogen-bond acceptors (Lipinski definition) is 2. The van der Waals surface area contributed by atoms with Gasteiger partial charge in [0.25, 0.3) is 0 Å². The lowest BCUT2D eigenvalue weighted by Gasteiger charge is -2.41. The average molecular weight is 254 g/mol. The van der Waals surface area contributed by atoms with Gasteiger partial charge in [-0.2, -0.15) is 0 Å². The van der Waals surface area contributed by atoms with E-state index < -0.39 is 5.82 Å². The molecule has 0 saturated heterocycles. The molecule has 1 saturated carbocycles. The molecular formula is C14H16F2O2. The number of benzene rings is 1. The molecule has 1 aromatic carbocycles. The average Bonchev–Trinajstić information content (AvgIpc) is 2.41.